The van der Waals surface area contributed by atoms with Gasteiger partial charge < -0.3 is 14.4 Å². The molecule has 2 fully saturated rings. The van der Waals surface area contributed by atoms with Crippen LogP contribution in [-0.2, 0) is 15.2 Å². The van der Waals surface area contributed by atoms with E-state index in [1.165, 1.54) is 23.9 Å². The van der Waals surface area contributed by atoms with E-state index in [1.807, 2.05) is 11.0 Å². The monoisotopic (exact) mass is 388 g/mol. The zero-order valence-electron chi connectivity index (χ0n) is 14.9. The second-order valence-electron chi connectivity index (χ2n) is 6.67. The van der Waals surface area contributed by atoms with Crippen molar-refractivity contribution in [2.24, 2.45) is 0 Å². The van der Waals surface area contributed by atoms with Crippen LogP contribution < -0.4 is 0 Å². The second kappa shape index (κ2) is 7.96. The Kier molecular flexibility index (Phi) is 5.43. The lowest BCUT2D eigenvalue weighted by molar-refractivity contribution is -0.181. The first-order chi connectivity index (χ1) is 13.2. The number of likely N-dealkylation sites (tertiary alicyclic amines) is 1. The van der Waals surface area contributed by atoms with Crippen molar-refractivity contribution in [3.05, 3.63) is 59.5 Å². The lowest BCUT2D eigenvalue weighted by Crippen LogP contribution is -2.47. The van der Waals surface area contributed by atoms with Crippen LogP contribution in [0.15, 0.2) is 47.6 Å². The van der Waals surface area contributed by atoms with Crippen molar-refractivity contribution >= 4 is 17.7 Å². The van der Waals surface area contributed by atoms with Crippen LogP contribution >= 0.6 is 11.8 Å². The largest absolute Gasteiger partial charge is 0.347 e. The summed E-state index contributed by atoms with van der Waals surface area (Å²) in [6.07, 6.45) is 3.07. The molecule has 2 aliphatic heterocycles. The molecule has 5 nitrogen and oxygen atoms in total. The molecule has 3 heterocycles. The smallest absolute Gasteiger partial charge is 0.256 e. The Balaban J connectivity index is 1.42. The fraction of sp³-hybridized carbons (Fsp3) is 0.400. The maximum Gasteiger partial charge on any atom is 0.256 e. The van der Waals surface area contributed by atoms with Gasteiger partial charge in [0.2, 0.25) is 0 Å². The summed E-state index contributed by atoms with van der Waals surface area (Å²) in [6, 6.07) is 9.98. The first-order valence-corrected chi connectivity index (χ1v) is 10.0. The first kappa shape index (κ1) is 18.4. The summed E-state index contributed by atoms with van der Waals surface area (Å²) in [4.78, 5) is 19.3. The fourth-order valence-electron chi connectivity index (χ4n) is 3.41. The number of carbonyl (C=O) groups is 1. The van der Waals surface area contributed by atoms with Crippen molar-refractivity contribution in [3.8, 4) is 0 Å². The van der Waals surface area contributed by atoms with Gasteiger partial charge in [0.05, 0.1) is 18.8 Å². The lowest BCUT2D eigenvalue weighted by atomic mass is 10.0. The van der Waals surface area contributed by atoms with Gasteiger partial charge in [-0.1, -0.05) is 12.1 Å². The molecule has 4 rings (SSSR count). The predicted molar refractivity (Wildman–Crippen MR) is 100.0 cm³/mol. The van der Waals surface area contributed by atoms with Crippen molar-refractivity contribution in [2.45, 2.75) is 29.4 Å². The van der Waals surface area contributed by atoms with Crippen LogP contribution in [0.4, 0.5) is 4.39 Å². The molecule has 1 aromatic heterocycles. The van der Waals surface area contributed by atoms with Crippen LogP contribution in [0.5, 0.6) is 0 Å². The second-order valence-corrected chi connectivity index (χ2v) is 7.64. The number of amides is 1. The van der Waals surface area contributed by atoms with E-state index in [-0.39, 0.29) is 11.7 Å². The maximum absolute atomic E-state index is 13.0. The molecule has 2 aromatic rings. The number of hydrogen-bond donors (Lipinski definition) is 0. The lowest BCUT2D eigenvalue weighted by Gasteiger charge is -2.37. The van der Waals surface area contributed by atoms with Gasteiger partial charge in [-0.2, -0.15) is 0 Å². The van der Waals surface area contributed by atoms with E-state index in [4.69, 9.17) is 9.47 Å². The molecule has 27 heavy (non-hydrogen) atoms. The number of carbonyl (C=O) groups excluding carboxylic acids is 1. The summed E-state index contributed by atoms with van der Waals surface area (Å²) in [6.45, 7) is 2.47. The minimum Gasteiger partial charge on any atom is -0.347 e. The Morgan fingerprint density at radius 2 is 1.85 bits per heavy atom. The number of piperidine rings is 1. The maximum atomic E-state index is 13.0. The van der Waals surface area contributed by atoms with Gasteiger partial charge in [0.15, 0.2) is 5.79 Å². The van der Waals surface area contributed by atoms with Crippen molar-refractivity contribution < 1.29 is 18.7 Å². The van der Waals surface area contributed by atoms with Crippen LogP contribution in [0, 0.1) is 5.82 Å². The Morgan fingerprint density at radius 3 is 2.56 bits per heavy atom. The standard InChI is InChI=1S/C20H21FN2O3S/c21-16-5-3-15(4-6-16)14-27-18-17(2-1-9-22-18)19(24)23-10-7-20(8-11-23)25-12-13-26-20/h1-6,9H,7-8,10-14H2. The molecule has 2 aliphatic rings. The Labute approximate surface area is 161 Å². The normalized spacial score (nSPS) is 18.8. The third kappa shape index (κ3) is 4.15. The molecule has 0 radical (unpaired) electrons. The zero-order valence-corrected chi connectivity index (χ0v) is 15.7. The van der Waals surface area contributed by atoms with E-state index < -0.39 is 5.79 Å². The number of halogens is 1. The molecular formula is C20H21FN2O3S. The highest BCUT2D eigenvalue weighted by Gasteiger charge is 2.41. The van der Waals surface area contributed by atoms with E-state index in [9.17, 15) is 9.18 Å². The molecule has 2 saturated heterocycles. The highest BCUT2D eigenvalue weighted by atomic mass is 32.2. The van der Waals surface area contributed by atoms with Gasteiger partial charge in [-0.15, -0.1) is 11.8 Å². The van der Waals surface area contributed by atoms with Crippen LogP contribution in [0.1, 0.15) is 28.8 Å². The highest BCUT2D eigenvalue weighted by Crippen LogP contribution is 2.32. The van der Waals surface area contributed by atoms with Crippen LogP contribution in [0.3, 0.4) is 0 Å². The van der Waals surface area contributed by atoms with Crippen LogP contribution in [0.25, 0.3) is 0 Å². The summed E-state index contributed by atoms with van der Waals surface area (Å²) in [5.41, 5.74) is 1.59. The van der Waals surface area contributed by atoms with E-state index in [2.05, 4.69) is 4.98 Å². The molecule has 0 atom stereocenters. The van der Waals surface area contributed by atoms with Crippen LogP contribution in [-0.4, -0.2) is 47.9 Å². The number of thioether (sulfide) groups is 1. The van der Waals surface area contributed by atoms with E-state index in [0.29, 0.717) is 55.5 Å². The third-order valence-corrected chi connectivity index (χ3v) is 5.99. The number of benzene rings is 1. The minimum absolute atomic E-state index is 0.0162. The van der Waals surface area contributed by atoms with Crippen molar-refractivity contribution in [3.63, 3.8) is 0 Å². The Morgan fingerprint density at radius 1 is 1.15 bits per heavy atom. The number of aromatic nitrogens is 1. The molecule has 1 spiro atoms. The predicted octanol–water partition coefficient (Wildman–Crippen LogP) is 3.49. The molecule has 142 valence electrons. The minimum atomic E-state index is -0.494. The molecule has 0 bridgehead atoms. The van der Waals surface area contributed by atoms with E-state index in [0.717, 1.165) is 5.56 Å². The molecule has 1 amide bonds. The van der Waals surface area contributed by atoms with Gasteiger partial charge in [-0.3, -0.25) is 4.79 Å². The van der Waals surface area contributed by atoms with E-state index in [1.54, 1.807) is 24.4 Å². The van der Waals surface area contributed by atoms with Crippen LogP contribution in [0.2, 0.25) is 0 Å². The van der Waals surface area contributed by atoms with Crippen molar-refractivity contribution in [1.82, 2.24) is 9.88 Å². The van der Waals surface area contributed by atoms with Gasteiger partial charge in [0.25, 0.3) is 5.91 Å². The van der Waals surface area contributed by atoms with Gasteiger partial charge in [-0.25, -0.2) is 9.37 Å². The molecule has 7 heteroatoms. The molecule has 1 aromatic carbocycles. The van der Waals surface area contributed by atoms with Crippen molar-refractivity contribution in [1.29, 1.82) is 0 Å². The first-order valence-electron chi connectivity index (χ1n) is 9.05. The summed E-state index contributed by atoms with van der Waals surface area (Å²) >= 11 is 1.49. The summed E-state index contributed by atoms with van der Waals surface area (Å²) in [5.74, 6) is -0.137. The zero-order chi connectivity index (χ0) is 18.7. The summed E-state index contributed by atoms with van der Waals surface area (Å²) in [7, 11) is 0. The fourth-order valence-corrected chi connectivity index (χ4v) is 4.35. The molecular weight excluding hydrogens is 367 g/mol. The summed E-state index contributed by atoms with van der Waals surface area (Å²) in [5, 5.41) is 0.695. The third-order valence-electron chi connectivity index (χ3n) is 4.92. The SMILES string of the molecule is O=C(c1cccnc1SCc1ccc(F)cc1)N1CCC2(CC1)OCCO2. The molecule has 0 unspecified atom stereocenters. The molecule has 0 saturated carbocycles. The topological polar surface area (TPSA) is 51.7 Å². The number of pyridine rings is 1. The highest BCUT2D eigenvalue weighted by molar-refractivity contribution is 7.98. The van der Waals surface area contributed by atoms with Gasteiger partial charge >= 0.3 is 0 Å². The number of hydrogen-bond acceptors (Lipinski definition) is 5. The molecule has 0 aliphatic carbocycles. The average molecular weight is 388 g/mol. The Hall–Kier alpha value is -1.96. The quantitative estimate of drug-likeness (QED) is 0.751. The van der Waals surface area contributed by atoms with Gasteiger partial charge in [0, 0.05) is 37.9 Å². The van der Waals surface area contributed by atoms with E-state index >= 15 is 0 Å². The average Bonchev–Trinajstić information content (AvgIpc) is 3.16. The van der Waals surface area contributed by atoms with Gasteiger partial charge in [-0.05, 0) is 29.8 Å². The number of ether oxygens (including phenoxy) is 2. The van der Waals surface area contributed by atoms with Crippen molar-refractivity contribution in [2.75, 3.05) is 26.3 Å². The Bertz CT molecular complexity index is 799. The van der Waals surface area contributed by atoms with Gasteiger partial charge in [0.1, 0.15) is 10.8 Å². The number of nitrogens with zero attached hydrogens (tertiary/aromatic N) is 2. The summed E-state index contributed by atoms with van der Waals surface area (Å²) < 4.78 is 24.5. The molecule has 0 N–H and O–H groups in total. The number of rotatable bonds is 4.